The Hall–Kier alpha value is -2.06. The van der Waals surface area contributed by atoms with E-state index in [9.17, 15) is 9.59 Å². The van der Waals surface area contributed by atoms with Crippen LogP contribution in [0.1, 0.15) is 43.2 Å². The van der Waals surface area contributed by atoms with Crippen molar-refractivity contribution in [2.24, 2.45) is 5.92 Å². The van der Waals surface area contributed by atoms with Crippen molar-refractivity contribution in [2.75, 3.05) is 59.0 Å². The molecule has 0 bridgehead atoms. The highest BCUT2D eigenvalue weighted by Gasteiger charge is 2.32. The average Bonchev–Trinajstić information content (AvgIpc) is 3.46. The first-order chi connectivity index (χ1) is 14.6. The van der Waals surface area contributed by atoms with Gasteiger partial charge >= 0.3 is 6.03 Å². The molecule has 3 aliphatic heterocycles. The second-order valence-electron chi connectivity index (χ2n) is 8.62. The van der Waals surface area contributed by atoms with Crippen LogP contribution >= 0.6 is 0 Å². The molecular formula is C22H34N4O4. The molecule has 0 radical (unpaired) electrons. The van der Waals surface area contributed by atoms with Crippen molar-refractivity contribution in [3.05, 3.63) is 23.7 Å². The Labute approximate surface area is 178 Å². The Morgan fingerprint density at radius 3 is 2.50 bits per heavy atom. The number of hydrogen-bond acceptors (Lipinski definition) is 5. The Morgan fingerprint density at radius 2 is 1.80 bits per heavy atom. The summed E-state index contributed by atoms with van der Waals surface area (Å²) in [7, 11) is 0. The number of urea groups is 1. The maximum absolute atomic E-state index is 13.0. The van der Waals surface area contributed by atoms with Crippen LogP contribution in [0.3, 0.4) is 0 Å². The van der Waals surface area contributed by atoms with Crippen LogP contribution in [0.2, 0.25) is 0 Å². The van der Waals surface area contributed by atoms with Crippen LogP contribution in [-0.2, 0) is 9.53 Å². The first-order valence-corrected chi connectivity index (χ1v) is 11.3. The summed E-state index contributed by atoms with van der Waals surface area (Å²) in [4.78, 5) is 31.8. The third-order valence-corrected chi connectivity index (χ3v) is 6.48. The van der Waals surface area contributed by atoms with E-state index in [1.165, 1.54) is 0 Å². The monoisotopic (exact) mass is 418 g/mol. The Bertz CT molecular complexity index is 724. The number of furan rings is 1. The molecule has 8 nitrogen and oxygen atoms in total. The van der Waals surface area contributed by atoms with E-state index in [2.05, 4.69) is 10.2 Å². The van der Waals surface area contributed by atoms with Crippen molar-refractivity contribution < 1.29 is 18.7 Å². The molecule has 1 aromatic rings. The van der Waals surface area contributed by atoms with Gasteiger partial charge in [-0.3, -0.25) is 9.69 Å². The SMILES string of the molecule is Cc1ccc(C(CNC(=O)C2CCCN(C(=O)N3CCCC3)C2)N2CCOCC2)o1. The second-order valence-corrected chi connectivity index (χ2v) is 8.62. The number of rotatable bonds is 5. The minimum atomic E-state index is -0.144. The van der Waals surface area contributed by atoms with E-state index in [0.29, 0.717) is 26.3 Å². The van der Waals surface area contributed by atoms with Gasteiger partial charge in [0, 0.05) is 45.8 Å². The fourth-order valence-electron chi connectivity index (χ4n) is 4.75. The highest BCUT2D eigenvalue weighted by Crippen LogP contribution is 2.24. The van der Waals surface area contributed by atoms with Crippen LogP contribution < -0.4 is 5.32 Å². The van der Waals surface area contributed by atoms with Gasteiger partial charge in [0.2, 0.25) is 5.91 Å². The van der Waals surface area contributed by atoms with Crippen molar-refractivity contribution in [3.8, 4) is 0 Å². The largest absolute Gasteiger partial charge is 0.465 e. The van der Waals surface area contributed by atoms with E-state index in [4.69, 9.17) is 9.15 Å². The fraction of sp³-hybridized carbons (Fsp3) is 0.727. The van der Waals surface area contributed by atoms with E-state index in [1.807, 2.05) is 28.9 Å². The number of piperidine rings is 1. The summed E-state index contributed by atoms with van der Waals surface area (Å²) in [6.07, 6.45) is 3.87. The van der Waals surface area contributed by atoms with Crippen LogP contribution in [0.15, 0.2) is 16.5 Å². The molecule has 30 heavy (non-hydrogen) atoms. The van der Waals surface area contributed by atoms with E-state index in [1.54, 1.807) is 0 Å². The number of likely N-dealkylation sites (tertiary alicyclic amines) is 2. The Balaban J connectivity index is 1.34. The summed E-state index contributed by atoms with van der Waals surface area (Å²) in [5, 5.41) is 3.15. The zero-order valence-corrected chi connectivity index (χ0v) is 18.0. The number of nitrogens with one attached hydrogen (secondary N) is 1. The lowest BCUT2D eigenvalue weighted by Gasteiger charge is -2.36. The van der Waals surface area contributed by atoms with Crippen LogP contribution in [0.25, 0.3) is 0 Å². The molecule has 0 aromatic carbocycles. The molecule has 166 valence electrons. The summed E-state index contributed by atoms with van der Waals surface area (Å²) < 4.78 is 11.4. The molecule has 0 aliphatic carbocycles. The molecule has 3 aliphatic rings. The number of nitrogens with zero attached hydrogens (tertiary/aromatic N) is 3. The van der Waals surface area contributed by atoms with Gasteiger partial charge in [-0.1, -0.05) is 0 Å². The number of carbonyl (C=O) groups is 2. The van der Waals surface area contributed by atoms with Crippen LogP contribution in [0.4, 0.5) is 4.79 Å². The third kappa shape index (κ3) is 4.98. The smallest absolute Gasteiger partial charge is 0.320 e. The number of morpholine rings is 1. The van der Waals surface area contributed by atoms with Gasteiger partial charge in [-0.15, -0.1) is 0 Å². The van der Waals surface area contributed by atoms with Gasteiger partial charge in [0.05, 0.1) is 25.2 Å². The maximum atomic E-state index is 13.0. The molecule has 8 heteroatoms. The van der Waals surface area contributed by atoms with Gasteiger partial charge in [-0.25, -0.2) is 4.79 Å². The Morgan fingerprint density at radius 1 is 1.07 bits per heavy atom. The first-order valence-electron chi connectivity index (χ1n) is 11.3. The summed E-state index contributed by atoms with van der Waals surface area (Å²) >= 11 is 0. The van der Waals surface area contributed by atoms with Crippen molar-refractivity contribution in [1.29, 1.82) is 0 Å². The fourth-order valence-corrected chi connectivity index (χ4v) is 4.75. The predicted octanol–water partition coefficient (Wildman–Crippen LogP) is 2.01. The van der Waals surface area contributed by atoms with Crippen molar-refractivity contribution in [3.63, 3.8) is 0 Å². The predicted molar refractivity (Wildman–Crippen MR) is 112 cm³/mol. The molecule has 1 N–H and O–H groups in total. The molecule has 4 rings (SSSR count). The third-order valence-electron chi connectivity index (χ3n) is 6.48. The van der Waals surface area contributed by atoms with E-state index < -0.39 is 0 Å². The van der Waals surface area contributed by atoms with Crippen LogP contribution in [-0.4, -0.2) is 85.7 Å². The Kier molecular flexibility index (Phi) is 6.94. The molecule has 2 unspecified atom stereocenters. The average molecular weight is 419 g/mol. The number of ether oxygens (including phenoxy) is 1. The molecule has 0 saturated carbocycles. The number of carbonyl (C=O) groups excluding carboxylic acids is 2. The van der Waals surface area contributed by atoms with Crippen LogP contribution in [0, 0.1) is 12.8 Å². The lowest BCUT2D eigenvalue weighted by Crippen LogP contribution is -2.50. The maximum Gasteiger partial charge on any atom is 0.320 e. The van der Waals surface area contributed by atoms with Gasteiger partial charge in [-0.2, -0.15) is 0 Å². The van der Waals surface area contributed by atoms with Crippen molar-refractivity contribution >= 4 is 11.9 Å². The standard InChI is InChI=1S/C22H34N4O4/c1-17-6-7-20(30-17)19(24-11-13-29-14-12-24)15-23-21(27)18-5-4-10-26(16-18)22(28)25-8-2-3-9-25/h6-7,18-19H,2-5,8-16H2,1H3,(H,23,27). The van der Waals surface area contributed by atoms with Gasteiger partial charge in [0.15, 0.2) is 0 Å². The van der Waals surface area contributed by atoms with E-state index in [-0.39, 0.29) is 23.9 Å². The summed E-state index contributed by atoms with van der Waals surface area (Å²) in [6, 6.07) is 4.06. The highest BCUT2D eigenvalue weighted by molar-refractivity contribution is 5.81. The van der Waals surface area contributed by atoms with Gasteiger partial charge < -0.3 is 24.3 Å². The number of hydrogen-bond donors (Lipinski definition) is 1. The van der Waals surface area contributed by atoms with Gasteiger partial charge in [0.25, 0.3) is 0 Å². The zero-order valence-electron chi connectivity index (χ0n) is 18.0. The summed E-state index contributed by atoms with van der Waals surface area (Å²) in [5.41, 5.74) is 0. The molecule has 3 fully saturated rings. The summed E-state index contributed by atoms with van der Waals surface area (Å²) in [5.74, 6) is 1.64. The number of aryl methyl sites for hydroxylation is 1. The van der Waals surface area contributed by atoms with Crippen LogP contribution in [0.5, 0.6) is 0 Å². The molecule has 0 spiro atoms. The lowest BCUT2D eigenvalue weighted by molar-refractivity contribution is -0.126. The quantitative estimate of drug-likeness (QED) is 0.791. The zero-order chi connectivity index (χ0) is 20.9. The lowest BCUT2D eigenvalue weighted by atomic mass is 9.97. The molecule has 3 amide bonds. The highest BCUT2D eigenvalue weighted by atomic mass is 16.5. The molecule has 3 saturated heterocycles. The van der Waals surface area contributed by atoms with E-state index in [0.717, 1.165) is 69.9 Å². The molecular weight excluding hydrogens is 384 g/mol. The van der Waals surface area contributed by atoms with Gasteiger partial charge in [0.1, 0.15) is 11.5 Å². The first kappa shape index (κ1) is 21.2. The van der Waals surface area contributed by atoms with Crippen molar-refractivity contribution in [1.82, 2.24) is 20.0 Å². The van der Waals surface area contributed by atoms with Gasteiger partial charge in [-0.05, 0) is 44.7 Å². The number of amides is 3. The van der Waals surface area contributed by atoms with Crippen molar-refractivity contribution in [2.45, 2.75) is 38.6 Å². The molecule has 1 aromatic heterocycles. The normalized spacial score (nSPS) is 24.1. The topological polar surface area (TPSA) is 78.3 Å². The summed E-state index contributed by atoms with van der Waals surface area (Å²) in [6.45, 7) is 8.43. The molecule has 2 atom stereocenters. The molecule has 4 heterocycles. The minimum absolute atomic E-state index is 0.00234. The minimum Gasteiger partial charge on any atom is -0.465 e. The van der Waals surface area contributed by atoms with E-state index >= 15 is 0 Å². The second kappa shape index (κ2) is 9.83.